The quantitative estimate of drug-likeness (QED) is 0.879. The Balaban J connectivity index is 2.44. The Bertz CT molecular complexity index is 421. The van der Waals surface area contributed by atoms with Crippen molar-refractivity contribution in [1.29, 1.82) is 0 Å². The molecule has 0 atom stereocenters. The molecule has 0 spiro atoms. The molecule has 1 fully saturated rings. The average Bonchev–Trinajstić information content (AvgIpc) is 2.94. The van der Waals surface area contributed by atoms with E-state index in [0.29, 0.717) is 16.1 Å². The van der Waals surface area contributed by atoms with Gasteiger partial charge in [0.1, 0.15) is 0 Å². The highest BCUT2D eigenvalue weighted by molar-refractivity contribution is 9.10. The number of halogens is 1. The topological polar surface area (TPSA) is 48.0 Å². The number of hydrogen-bond acceptors (Lipinski definition) is 2. The molecule has 2 rings (SSSR count). The fourth-order valence-electron chi connectivity index (χ4n) is 1.45. The van der Waals surface area contributed by atoms with Gasteiger partial charge in [-0.2, -0.15) is 0 Å². The number of pyridine rings is 1. The molecule has 2 N–H and O–H groups in total. The van der Waals surface area contributed by atoms with E-state index in [2.05, 4.69) is 15.9 Å². The maximum atomic E-state index is 11.8. The van der Waals surface area contributed by atoms with Crippen LogP contribution in [0, 0.1) is 12.8 Å². The highest BCUT2D eigenvalue weighted by Gasteiger charge is 2.22. The third-order valence-electron chi connectivity index (χ3n) is 2.66. The SMILES string of the molecule is Cc1c(N)cn(CC2CC2)c(=O)c1Br. The van der Waals surface area contributed by atoms with E-state index in [1.165, 1.54) is 12.8 Å². The molecule has 0 aliphatic heterocycles. The van der Waals surface area contributed by atoms with E-state index in [-0.39, 0.29) is 5.56 Å². The van der Waals surface area contributed by atoms with Crippen molar-refractivity contribution >= 4 is 21.6 Å². The fraction of sp³-hybridized carbons (Fsp3) is 0.500. The molecule has 0 amide bonds. The Kier molecular flexibility index (Phi) is 2.39. The third kappa shape index (κ3) is 1.71. The van der Waals surface area contributed by atoms with Gasteiger partial charge in [0.05, 0.1) is 10.2 Å². The molecule has 1 aliphatic rings. The molecule has 1 saturated carbocycles. The van der Waals surface area contributed by atoms with Crippen LogP contribution in [0.1, 0.15) is 18.4 Å². The van der Waals surface area contributed by atoms with Gasteiger partial charge in [0.25, 0.3) is 5.56 Å². The summed E-state index contributed by atoms with van der Waals surface area (Å²) in [4.78, 5) is 11.8. The highest BCUT2D eigenvalue weighted by Crippen LogP contribution is 2.30. The number of nitrogens with two attached hydrogens (primary N) is 1. The Morgan fingerprint density at radius 1 is 1.64 bits per heavy atom. The lowest BCUT2D eigenvalue weighted by atomic mass is 10.2. The normalized spacial score (nSPS) is 15.9. The molecule has 1 aromatic rings. The largest absolute Gasteiger partial charge is 0.397 e. The van der Waals surface area contributed by atoms with Gasteiger partial charge in [0, 0.05) is 12.7 Å². The van der Waals surface area contributed by atoms with Gasteiger partial charge in [-0.05, 0) is 47.2 Å². The summed E-state index contributed by atoms with van der Waals surface area (Å²) in [7, 11) is 0. The average molecular weight is 257 g/mol. The number of nitrogens with zero attached hydrogens (tertiary/aromatic N) is 1. The summed E-state index contributed by atoms with van der Waals surface area (Å²) in [6, 6.07) is 0. The molecular formula is C10H13BrN2O. The van der Waals surface area contributed by atoms with Crippen LogP contribution < -0.4 is 11.3 Å². The van der Waals surface area contributed by atoms with Crippen molar-refractivity contribution in [2.24, 2.45) is 5.92 Å². The zero-order chi connectivity index (χ0) is 10.3. The van der Waals surface area contributed by atoms with Gasteiger partial charge in [-0.15, -0.1) is 0 Å². The molecule has 1 heterocycles. The summed E-state index contributed by atoms with van der Waals surface area (Å²) >= 11 is 3.28. The summed E-state index contributed by atoms with van der Waals surface area (Å²) in [5.74, 6) is 0.682. The number of anilines is 1. The second-order valence-electron chi connectivity index (χ2n) is 3.92. The summed E-state index contributed by atoms with van der Waals surface area (Å²) in [5, 5.41) is 0. The third-order valence-corrected chi connectivity index (χ3v) is 3.59. The van der Waals surface area contributed by atoms with Gasteiger partial charge in [0.2, 0.25) is 0 Å². The maximum absolute atomic E-state index is 11.8. The van der Waals surface area contributed by atoms with Crippen LogP contribution in [0.15, 0.2) is 15.5 Å². The van der Waals surface area contributed by atoms with E-state index in [0.717, 1.165) is 12.1 Å². The first kappa shape index (κ1) is 9.77. The smallest absolute Gasteiger partial charge is 0.265 e. The lowest BCUT2D eigenvalue weighted by Gasteiger charge is -2.09. The second-order valence-corrected chi connectivity index (χ2v) is 4.72. The zero-order valence-corrected chi connectivity index (χ0v) is 9.67. The molecule has 3 nitrogen and oxygen atoms in total. The molecule has 4 heteroatoms. The van der Waals surface area contributed by atoms with Crippen molar-refractivity contribution < 1.29 is 0 Å². The van der Waals surface area contributed by atoms with Crippen LogP contribution in [0.4, 0.5) is 5.69 Å². The number of hydrogen-bond donors (Lipinski definition) is 1. The molecular weight excluding hydrogens is 244 g/mol. The van der Waals surface area contributed by atoms with Crippen LogP contribution in [0.5, 0.6) is 0 Å². The summed E-state index contributed by atoms with van der Waals surface area (Å²) in [6.45, 7) is 2.66. The van der Waals surface area contributed by atoms with Gasteiger partial charge in [0.15, 0.2) is 0 Å². The first-order chi connectivity index (χ1) is 6.59. The van der Waals surface area contributed by atoms with E-state index in [1.54, 1.807) is 10.8 Å². The summed E-state index contributed by atoms with van der Waals surface area (Å²) in [5.41, 5.74) is 7.34. The Labute approximate surface area is 91.0 Å². The van der Waals surface area contributed by atoms with E-state index >= 15 is 0 Å². The van der Waals surface area contributed by atoms with Crippen LogP contribution in [0.3, 0.4) is 0 Å². The molecule has 76 valence electrons. The van der Waals surface area contributed by atoms with Crippen LogP contribution >= 0.6 is 15.9 Å². The van der Waals surface area contributed by atoms with Gasteiger partial charge in [-0.25, -0.2) is 0 Å². The Morgan fingerprint density at radius 3 is 2.86 bits per heavy atom. The van der Waals surface area contributed by atoms with Gasteiger partial charge in [-0.3, -0.25) is 4.79 Å². The van der Waals surface area contributed by atoms with Crippen molar-refractivity contribution in [2.45, 2.75) is 26.3 Å². The van der Waals surface area contributed by atoms with E-state index in [4.69, 9.17) is 5.73 Å². The molecule has 0 saturated heterocycles. The van der Waals surface area contributed by atoms with Crippen molar-refractivity contribution in [3.05, 3.63) is 26.6 Å². The van der Waals surface area contributed by atoms with E-state index in [9.17, 15) is 4.79 Å². The zero-order valence-electron chi connectivity index (χ0n) is 8.09. The number of nitrogen functional groups attached to an aromatic ring is 1. The molecule has 0 bridgehead atoms. The van der Waals surface area contributed by atoms with Gasteiger partial charge in [-0.1, -0.05) is 0 Å². The number of aromatic nitrogens is 1. The van der Waals surface area contributed by atoms with Crippen molar-refractivity contribution in [3.8, 4) is 0 Å². The summed E-state index contributed by atoms with van der Waals surface area (Å²) in [6.07, 6.45) is 4.22. The van der Waals surface area contributed by atoms with E-state index < -0.39 is 0 Å². The van der Waals surface area contributed by atoms with Crippen LogP contribution in [-0.4, -0.2) is 4.57 Å². The fourth-order valence-corrected chi connectivity index (χ4v) is 1.91. The monoisotopic (exact) mass is 256 g/mol. The first-order valence-corrected chi connectivity index (χ1v) is 5.54. The van der Waals surface area contributed by atoms with Crippen LogP contribution in [0.25, 0.3) is 0 Å². The number of rotatable bonds is 2. The Hall–Kier alpha value is -0.770. The minimum absolute atomic E-state index is 0.0311. The predicted molar refractivity (Wildman–Crippen MR) is 60.3 cm³/mol. The molecule has 1 aromatic heterocycles. The van der Waals surface area contributed by atoms with Gasteiger partial charge >= 0.3 is 0 Å². The standard InChI is InChI=1S/C10H13BrN2O/c1-6-8(12)5-13(4-7-2-3-7)10(14)9(6)11/h5,7H,2-4,12H2,1H3. The van der Waals surface area contributed by atoms with E-state index in [1.807, 2.05) is 6.92 Å². The molecule has 0 radical (unpaired) electrons. The second kappa shape index (κ2) is 3.42. The van der Waals surface area contributed by atoms with Crippen LogP contribution in [-0.2, 0) is 6.54 Å². The van der Waals surface area contributed by atoms with Gasteiger partial charge < -0.3 is 10.3 Å². The minimum Gasteiger partial charge on any atom is -0.397 e. The Morgan fingerprint density at radius 2 is 2.29 bits per heavy atom. The van der Waals surface area contributed by atoms with Crippen molar-refractivity contribution in [2.75, 3.05) is 5.73 Å². The molecule has 14 heavy (non-hydrogen) atoms. The highest BCUT2D eigenvalue weighted by atomic mass is 79.9. The molecule has 0 unspecified atom stereocenters. The summed E-state index contributed by atoms with van der Waals surface area (Å²) < 4.78 is 2.31. The predicted octanol–water partition coefficient (Wildman–Crippen LogP) is 1.91. The lowest BCUT2D eigenvalue weighted by Crippen LogP contribution is -2.23. The van der Waals surface area contributed by atoms with Crippen molar-refractivity contribution in [3.63, 3.8) is 0 Å². The molecule has 1 aliphatic carbocycles. The van der Waals surface area contributed by atoms with Crippen molar-refractivity contribution in [1.82, 2.24) is 4.57 Å². The first-order valence-electron chi connectivity index (χ1n) is 4.74. The molecule has 0 aromatic carbocycles. The minimum atomic E-state index is 0.0311. The maximum Gasteiger partial charge on any atom is 0.265 e. The lowest BCUT2D eigenvalue weighted by molar-refractivity contribution is 0.605. The van der Waals surface area contributed by atoms with Crippen LogP contribution in [0.2, 0.25) is 0 Å².